The molecule has 29 heavy (non-hydrogen) atoms. The summed E-state index contributed by atoms with van der Waals surface area (Å²) >= 11 is 0. The van der Waals surface area contributed by atoms with E-state index in [9.17, 15) is 14.0 Å². The molecule has 1 aliphatic heterocycles. The molecule has 2 aromatic heterocycles. The molecule has 0 saturated carbocycles. The van der Waals surface area contributed by atoms with Crippen molar-refractivity contribution in [1.82, 2.24) is 25.5 Å². The summed E-state index contributed by atoms with van der Waals surface area (Å²) in [6.45, 7) is 5.46. The maximum Gasteiger partial charge on any atom is 0.322 e. The molecule has 3 N–H and O–H groups in total. The minimum absolute atomic E-state index is 0.0507. The van der Waals surface area contributed by atoms with E-state index in [1.807, 2.05) is 11.8 Å². The Kier molecular flexibility index (Phi) is 6.60. The number of rotatable bonds is 6. The number of amides is 3. The third-order valence-corrected chi connectivity index (χ3v) is 4.49. The summed E-state index contributed by atoms with van der Waals surface area (Å²) in [5.41, 5.74) is 0.431. The molecule has 156 valence electrons. The number of hydrogen-bond donors (Lipinski definition) is 3. The lowest BCUT2D eigenvalue weighted by Crippen LogP contribution is -2.46. The molecule has 10 nitrogen and oxygen atoms in total. The zero-order chi connectivity index (χ0) is 20.8. The van der Waals surface area contributed by atoms with Gasteiger partial charge in [-0.05, 0) is 19.1 Å². The fraction of sp³-hybridized carbons (Fsp3) is 0.444. The van der Waals surface area contributed by atoms with E-state index in [1.165, 1.54) is 13.1 Å². The largest absolute Gasteiger partial charge is 0.427 e. The van der Waals surface area contributed by atoms with Gasteiger partial charge in [0, 0.05) is 39.8 Å². The number of oxazole rings is 1. The normalized spacial score (nSPS) is 14.5. The average molecular weight is 405 g/mol. The molecule has 0 aromatic carbocycles. The molecule has 1 aliphatic rings. The Labute approximate surface area is 167 Å². The number of urea groups is 1. The van der Waals surface area contributed by atoms with E-state index in [1.54, 1.807) is 12.3 Å². The highest BCUT2D eigenvalue weighted by atomic mass is 19.1. The monoisotopic (exact) mass is 405 g/mol. The molecule has 0 radical (unpaired) electrons. The molecular formula is C18H24FN7O3. The van der Waals surface area contributed by atoms with Gasteiger partial charge in [-0.2, -0.15) is 4.39 Å². The molecule has 0 atom stereocenters. The molecule has 3 rings (SSSR count). The number of nitrogens with one attached hydrogen (secondary N) is 3. The van der Waals surface area contributed by atoms with Crippen LogP contribution in [0.2, 0.25) is 0 Å². The summed E-state index contributed by atoms with van der Waals surface area (Å²) < 4.78 is 19.9. The Balaban J connectivity index is 1.53. The highest BCUT2D eigenvalue weighted by Gasteiger charge is 2.22. The maximum absolute atomic E-state index is 14.3. The topological polar surface area (TPSA) is 116 Å². The lowest BCUT2D eigenvalue weighted by Gasteiger charge is -2.35. The van der Waals surface area contributed by atoms with Gasteiger partial charge in [0.15, 0.2) is 0 Å². The zero-order valence-electron chi connectivity index (χ0n) is 16.4. The van der Waals surface area contributed by atoms with Crippen LogP contribution in [0.25, 0.3) is 0 Å². The number of halogens is 1. The predicted molar refractivity (Wildman–Crippen MR) is 104 cm³/mol. The average Bonchev–Trinajstić information content (AvgIpc) is 3.14. The summed E-state index contributed by atoms with van der Waals surface area (Å²) in [7, 11) is 1.47. The van der Waals surface area contributed by atoms with Gasteiger partial charge in [0.2, 0.25) is 5.95 Å². The van der Waals surface area contributed by atoms with Gasteiger partial charge in [-0.3, -0.25) is 15.0 Å². The lowest BCUT2D eigenvalue weighted by atomic mass is 10.2. The van der Waals surface area contributed by atoms with Crippen molar-refractivity contribution in [3.8, 4) is 0 Å². The Morgan fingerprint density at radius 3 is 2.66 bits per heavy atom. The summed E-state index contributed by atoms with van der Waals surface area (Å²) in [4.78, 5) is 34.9. The molecule has 11 heteroatoms. The Morgan fingerprint density at radius 1 is 1.24 bits per heavy atom. The second kappa shape index (κ2) is 9.32. The first-order chi connectivity index (χ1) is 14.0. The predicted octanol–water partition coefficient (Wildman–Crippen LogP) is 1.03. The van der Waals surface area contributed by atoms with Gasteiger partial charge in [-0.25, -0.2) is 14.8 Å². The van der Waals surface area contributed by atoms with Crippen LogP contribution in [0.1, 0.15) is 23.2 Å². The number of carbonyl (C=O) groups excluding carboxylic acids is 2. The minimum Gasteiger partial charge on any atom is -0.427 e. The van der Waals surface area contributed by atoms with E-state index in [2.05, 4.69) is 30.8 Å². The van der Waals surface area contributed by atoms with Gasteiger partial charge in [-0.1, -0.05) is 0 Å². The van der Waals surface area contributed by atoms with Gasteiger partial charge < -0.3 is 20.0 Å². The molecule has 2 aromatic rings. The molecule has 1 fully saturated rings. The summed E-state index contributed by atoms with van der Waals surface area (Å²) in [5, 5.41) is 7.54. The third kappa shape index (κ3) is 5.19. The summed E-state index contributed by atoms with van der Waals surface area (Å²) in [6.07, 6.45) is 1.58. The van der Waals surface area contributed by atoms with Crippen LogP contribution in [0.4, 0.5) is 20.9 Å². The van der Waals surface area contributed by atoms with Crippen LogP contribution >= 0.6 is 0 Å². The van der Waals surface area contributed by atoms with E-state index in [-0.39, 0.29) is 17.7 Å². The highest BCUT2D eigenvalue weighted by molar-refractivity contribution is 5.92. The van der Waals surface area contributed by atoms with Crippen LogP contribution in [0, 0.1) is 5.95 Å². The van der Waals surface area contributed by atoms with Gasteiger partial charge in [0.25, 0.3) is 5.91 Å². The molecule has 0 unspecified atom stereocenters. The van der Waals surface area contributed by atoms with Gasteiger partial charge in [0.05, 0.1) is 18.4 Å². The van der Waals surface area contributed by atoms with Crippen LogP contribution in [-0.2, 0) is 6.54 Å². The Hall–Kier alpha value is -3.21. The zero-order valence-corrected chi connectivity index (χ0v) is 16.4. The number of aromatic nitrogens is 2. The first-order valence-corrected chi connectivity index (χ1v) is 9.35. The van der Waals surface area contributed by atoms with E-state index < -0.39 is 11.9 Å². The number of carbonyl (C=O) groups is 2. The SMILES string of the molecule is CCNC(=O)Nc1ncc(CN2CCN(c3ccc(C(=O)NC)nc3F)CC2)o1. The van der Waals surface area contributed by atoms with Crippen LogP contribution in [-0.4, -0.2) is 66.6 Å². The lowest BCUT2D eigenvalue weighted by molar-refractivity contribution is 0.0957. The second-order valence-electron chi connectivity index (χ2n) is 6.46. The molecule has 0 spiro atoms. The van der Waals surface area contributed by atoms with Crippen molar-refractivity contribution >= 4 is 23.6 Å². The number of anilines is 2. The third-order valence-electron chi connectivity index (χ3n) is 4.49. The van der Waals surface area contributed by atoms with Crippen LogP contribution in [0.3, 0.4) is 0 Å². The molecule has 0 bridgehead atoms. The van der Waals surface area contributed by atoms with Gasteiger partial charge in [0.1, 0.15) is 11.5 Å². The molecular weight excluding hydrogens is 381 g/mol. The van der Waals surface area contributed by atoms with Crippen molar-refractivity contribution in [3.63, 3.8) is 0 Å². The van der Waals surface area contributed by atoms with Crippen molar-refractivity contribution in [2.75, 3.05) is 50.0 Å². The minimum atomic E-state index is -0.657. The van der Waals surface area contributed by atoms with Gasteiger partial charge in [-0.15, -0.1) is 0 Å². The van der Waals surface area contributed by atoms with Crippen LogP contribution < -0.4 is 20.9 Å². The molecule has 1 saturated heterocycles. The van der Waals surface area contributed by atoms with Crippen molar-refractivity contribution in [2.45, 2.75) is 13.5 Å². The van der Waals surface area contributed by atoms with Crippen molar-refractivity contribution in [1.29, 1.82) is 0 Å². The van der Waals surface area contributed by atoms with Crippen molar-refractivity contribution < 1.29 is 18.4 Å². The standard InChI is InChI=1S/C18H24FN7O3/c1-3-21-17(28)24-18-22-10-12(29-18)11-25-6-8-26(9-7-25)14-5-4-13(16(27)20-2)23-15(14)19/h4-5,10H,3,6-9,11H2,1-2H3,(H,20,27)(H2,21,22,24,28). The van der Waals surface area contributed by atoms with E-state index in [4.69, 9.17) is 4.42 Å². The van der Waals surface area contributed by atoms with E-state index in [0.29, 0.717) is 50.7 Å². The maximum atomic E-state index is 14.3. The van der Waals surface area contributed by atoms with Crippen molar-refractivity contribution in [3.05, 3.63) is 35.7 Å². The Bertz CT molecular complexity index is 865. The number of pyridine rings is 1. The molecule has 0 aliphatic carbocycles. The quantitative estimate of drug-likeness (QED) is 0.615. The first kappa shape index (κ1) is 20.5. The fourth-order valence-corrected chi connectivity index (χ4v) is 3.02. The highest BCUT2D eigenvalue weighted by Crippen LogP contribution is 2.21. The number of hydrogen-bond acceptors (Lipinski definition) is 7. The number of nitrogens with zero attached hydrogens (tertiary/aromatic N) is 4. The van der Waals surface area contributed by atoms with Crippen LogP contribution in [0.5, 0.6) is 0 Å². The van der Waals surface area contributed by atoms with E-state index in [0.717, 1.165) is 0 Å². The molecule has 3 amide bonds. The van der Waals surface area contributed by atoms with Crippen molar-refractivity contribution in [2.24, 2.45) is 0 Å². The van der Waals surface area contributed by atoms with E-state index >= 15 is 0 Å². The number of piperazine rings is 1. The molecule has 3 heterocycles. The summed E-state index contributed by atoms with van der Waals surface area (Å²) in [5.74, 6) is -0.447. The fourth-order valence-electron chi connectivity index (χ4n) is 3.02. The van der Waals surface area contributed by atoms with Gasteiger partial charge >= 0.3 is 12.0 Å². The first-order valence-electron chi connectivity index (χ1n) is 9.35. The Morgan fingerprint density at radius 2 is 2.00 bits per heavy atom. The second-order valence-corrected chi connectivity index (χ2v) is 6.46. The smallest absolute Gasteiger partial charge is 0.322 e. The van der Waals surface area contributed by atoms with Crippen LogP contribution in [0.15, 0.2) is 22.7 Å². The summed E-state index contributed by atoms with van der Waals surface area (Å²) in [6, 6.07) is 2.88.